The van der Waals surface area contributed by atoms with Crippen LogP contribution in [0.15, 0.2) is 48.5 Å². The Hall–Kier alpha value is -3.35. The maximum absolute atomic E-state index is 12.5. The second-order valence-electron chi connectivity index (χ2n) is 6.44. The number of rotatable bonds is 8. The van der Waals surface area contributed by atoms with Gasteiger partial charge in [-0.1, -0.05) is 36.4 Å². The molecule has 28 heavy (non-hydrogen) atoms. The number of aliphatic carboxylic acids is 1. The molecule has 2 amide bonds. The van der Waals surface area contributed by atoms with E-state index in [9.17, 15) is 14.4 Å². The van der Waals surface area contributed by atoms with Gasteiger partial charge in [0, 0.05) is 18.2 Å². The van der Waals surface area contributed by atoms with Gasteiger partial charge in [-0.25, -0.2) is 9.59 Å². The maximum Gasteiger partial charge on any atom is 0.337 e. The number of urea groups is 1. The summed E-state index contributed by atoms with van der Waals surface area (Å²) in [7, 11) is 1.29. The van der Waals surface area contributed by atoms with Gasteiger partial charge in [0.25, 0.3) is 0 Å². The molecule has 0 saturated carbocycles. The van der Waals surface area contributed by atoms with Crippen molar-refractivity contribution in [3.8, 4) is 0 Å². The summed E-state index contributed by atoms with van der Waals surface area (Å²) < 4.78 is 4.70. The van der Waals surface area contributed by atoms with E-state index in [0.29, 0.717) is 24.1 Å². The van der Waals surface area contributed by atoms with Crippen LogP contribution >= 0.6 is 0 Å². The van der Waals surface area contributed by atoms with E-state index in [4.69, 9.17) is 9.84 Å². The summed E-state index contributed by atoms with van der Waals surface area (Å²) >= 11 is 0. The van der Waals surface area contributed by atoms with Gasteiger partial charge < -0.3 is 20.5 Å². The number of benzene rings is 2. The molecule has 0 saturated heterocycles. The zero-order chi connectivity index (χ0) is 20.5. The van der Waals surface area contributed by atoms with Gasteiger partial charge in [-0.05, 0) is 43.0 Å². The third-order valence-electron chi connectivity index (χ3n) is 4.27. The van der Waals surface area contributed by atoms with Gasteiger partial charge in [0.05, 0.1) is 12.7 Å². The number of carboxylic acids is 1. The zero-order valence-electron chi connectivity index (χ0n) is 15.9. The van der Waals surface area contributed by atoms with Crippen molar-refractivity contribution >= 4 is 23.7 Å². The van der Waals surface area contributed by atoms with Crippen molar-refractivity contribution in [1.29, 1.82) is 0 Å². The van der Waals surface area contributed by atoms with Crippen molar-refractivity contribution in [2.45, 2.75) is 32.2 Å². The van der Waals surface area contributed by atoms with E-state index in [2.05, 4.69) is 10.6 Å². The molecule has 2 aromatic rings. The fraction of sp³-hybridized carbons (Fsp3) is 0.286. The van der Waals surface area contributed by atoms with E-state index in [-0.39, 0.29) is 12.5 Å². The van der Waals surface area contributed by atoms with Crippen molar-refractivity contribution in [3.05, 3.63) is 65.2 Å². The second-order valence-corrected chi connectivity index (χ2v) is 6.44. The highest BCUT2D eigenvalue weighted by molar-refractivity contribution is 5.94. The predicted octanol–water partition coefficient (Wildman–Crippen LogP) is 3.38. The number of aryl methyl sites for hydroxylation is 1. The molecule has 2 aromatic carbocycles. The molecule has 3 N–H and O–H groups in total. The average molecular weight is 384 g/mol. The minimum atomic E-state index is -0.915. The van der Waals surface area contributed by atoms with Crippen LogP contribution in [-0.4, -0.2) is 36.2 Å². The predicted molar refractivity (Wildman–Crippen MR) is 105 cm³/mol. The van der Waals surface area contributed by atoms with Crippen LogP contribution in [0.4, 0.5) is 10.5 Å². The minimum Gasteiger partial charge on any atom is -0.481 e. The minimum absolute atomic E-state index is 0.0470. The number of nitrogens with one attached hydrogen (secondary N) is 2. The monoisotopic (exact) mass is 384 g/mol. The van der Waals surface area contributed by atoms with Crippen LogP contribution in [-0.2, 0) is 16.0 Å². The molecule has 0 aliphatic carbocycles. The standard InChI is InChI=1S/C21H24N2O5/c1-14-8-9-16(20(26)28-2)13-18(14)23-21(27)22-17(10-11-19(24)25)12-15-6-4-3-5-7-15/h3-9,13,17H,10-12H2,1-2H3,(H,24,25)(H2,22,23,27). The van der Waals surface area contributed by atoms with Gasteiger partial charge in [0.15, 0.2) is 0 Å². The first-order valence-electron chi connectivity index (χ1n) is 8.91. The summed E-state index contributed by atoms with van der Waals surface area (Å²) in [6.07, 6.45) is 0.774. The molecule has 0 aliphatic heterocycles. The Kier molecular flexibility index (Phi) is 7.56. The first kappa shape index (κ1) is 21.0. The number of esters is 1. The number of hydrogen-bond acceptors (Lipinski definition) is 4. The summed E-state index contributed by atoms with van der Waals surface area (Å²) in [5.74, 6) is -1.41. The summed E-state index contributed by atoms with van der Waals surface area (Å²) in [5.41, 5.74) is 2.60. The zero-order valence-corrected chi connectivity index (χ0v) is 15.9. The van der Waals surface area contributed by atoms with E-state index in [1.807, 2.05) is 37.3 Å². The van der Waals surface area contributed by atoms with Gasteiger partial charge >= 0.3 is 18.0 Å². The first-order chi connectivity index (χ1) is 13.4. The fourth-order valence-corrected chi connectivity index (χ4v) is 2.77. The molecular formula is C21H24N2O5. The highest BCUT2D eigenvalue weighted by Gasteiger charge is 2.16. The quantitative estimate of drug-likeness (QED) is 0.605. The topological polar surface area (TPSA) is 105 Å². The highest BCUT2D eigenvalue weighted by atomic mass is 16.5. The largest absolute Gasteiger partial charge is 0.481 e. The smallest absolute Gasteiger partial charge is 0.337 e. The highest BCUT2D eigenvalue weighted by Crippen LogP contribution is 2.18. The summed E-state index contributed by atoms with van der Waals surface area (Å²) in [6.45, 7) is 1.81. The molecular weight excluding hydrogens is 360 g/mol. The molecule has 1 atom stereocenters. The lowest BCUT2D eigenvalue weighted by Gasteiger charge is -2.19. The lowest BCUT2D eigenvalue weighted by Crippen LogP contribution is -2.39. The molecule has 2 rings (SSSR count). The van der Waals surface area contributed by atoms with Crippen LogP contribution in [0, 0.1) is 6.92 Å². The van der Waals surface area contributed by atoms with Crippen LogP contribution in [0.2, 0.25) is 0 Å². The van der Waals surface area contributed by atoms with Crippen molar-refractivity contribution in [2.24, 2.45) is 0 Å². The van der Waals surface area contributed by atoms with Gasteiger partial charge in [0.2, 0.25) is 0 Å². The van der Waals surface area contributed by atoms with Crippen LogP contribution in [0.25, 0.3) is 0 Å². The molecule has 148 valence electrons. The van der Waals surface area contributed by atoms with E-state index in [1.165, 1.54) is 7.11 Å². The number of carbonyl (C=O) groups is 3. The third-order valence-corrected chi connectivity index (χ3v) is 4.27. The van der Waals surface area contributed by atoms with Gasteiger partial charge in [-0.2, -0.15) is 0 Å². The fourth-order valence-electron chi connectivity index (χ4n) is 2.77. The lowest BCUT2D eigenvalue weighted by molar-refractivity contribution is -0.137. The molecule has 0 radical (unpaired) electrons. The Morgan fingerprint density at radius 1 is 1.11 bits per heavy atom. The molecule has 0 bridgehead atoms. The molecule has 0 heterocycles. The van der Waals surface area contributed by atoms with Crippen LogP contribution in [0.1, 0.15) is 34.3 Å². The summed E-state index contributed by atoms with van der Waals surface area (Å²) in [4.78, 5) is 35.1. The molecule has 1 unspecified atom stereocenters. The Morgan fingerprint density at radius 2 is 1.82 bits per heavy atom. The van der Waals surface area contributed by atoms with E-state index in [0.717, 1.165) is 11.1 Å². The second kappa shape index (κ2) is 10.1. The summed E-state index contributed by atoms with van der Waals surface area (Å²) in [5, 5.41) is 14.5. The molecule has 0 fully saturated rings. The SMILES string of the molecule is COC(=O)c1ccc(C)c(NC(=O)NC(CCC(=O)O)Cc2ccccc2)c1. The maximum atomic E-state index is 12.5. The number of amides is 2. The number of carboxylic acid groups (broad SMARTS) is 1. The first-order valence-corrected chi connectivity index (χ1v) is 8.91. The van der Waals surface area contributed by atoms with Crippen LogP contribution in [0.3, 0.4) is 0 Å². The van der Waals surface area contributed by atoms with E-state index >= 15 is 0 Å². The average Bonchev–Trinajstić information content (AvgIpc) is 2.68. The number of ether oxygens (including phenoxy) is 1. The van der Waals surface area contributed by atoms with Crippen molar-refractivity contribution < 1.29 is 24.2 Å². The third kappa shape index (κ3) is 6.42. The Labute approximate surface area is 163 Å². The molecule has 7 nitrogen and oxygen atoms in total. The van der Waals surface area contributed by atoms with Gasteiger partial charge in [-0.3, -0.25) is 4.79 Å². The lowest BCUT2D eigenvalue weighted by atomic mass is 10.0. The van der Waals surface area contributed by atoms with Crippen molar-refractivity contribution in [2.75, 3.05) is 12.4 Å². The van der Waals surface area contributed by atoms with E-state index < -0.39 is 18.0 Å². The molecule has 7 heteroatoms. The summed E-state index contributed by atoms with van der Waals surface area (Å²) in [6, 6.07) is 13.6. The Bertz CT molecular complexity index is 836. The van der Waals surface area contributed by atoms with Gasteiger partial charge in [-0.15, -0.1) is 0 Å². The Balaban J connectivity index is 2.08. The number of anilines is 1. The number of hydrogen-bond donors (Lipinski definition) is 3. The molecule has 0 spiro atoms. The van der Waals surface area contributed by atoms with E-state index in [1.54, 1.807) is 18.2 Å². The number of carbonyl (C=O) groups excluding carboxylic acids is 2. The van der Waals surface area contributed by atoms with Crippen LogP contribution in [0.5, 0.6) is 0 Å². The van der Waals surface area contributed by atoms with Crippen molar-refractivity contribution in [1.82, 2.24) is 5.32 Å². The normalized spacial score (nSPS) is 11.4. The van der Waals surface area contributed by atoms with Gasteiger partial charge in [0.1, 0.15) is 0 Å². The molecule has 0 aromatic heterocycles. The Morgan fingerprint density at radius 3 is 2.46 bits per heavy atom. The van der Waals surface area contributed by atoms with Crippen LogP contribution < -0.4 is 10.6 Å². The van der Waals surface area contributed by atoms with Crippen molar-refractivity contribution in [3.63, 3.8) is 0 Å². The number of methoxy groups -OCH3 is 1. The molecule has 0 aliphatic rings.